The summed E-state index contributed by atoms with van der Waals surface area (Å²) >= 11 is 0. The Morgan fingerprint density at radius 1 is 1.56 bits per heavy atom. The molecule has 1 heterocycles. The van der Waals surface area contributed by atoms with E-state index in [9.17, 15) is 5.11 Å². The molecule has 0 aromatic carbocycles. The largest absolute Gasteiger partial charge is 0.375 e. The smallest absolute Gasteiger partial charge is 0.0979 e. The van der Waals surface area contributed by atoms with E-state index >= 15 is 0 Å². The van der Waals surface area contributed by atoms with Crippen molar-refractivity contribution in [3.63, 3.8) is 0 Å². The van der Waals surface area contributed by atoms with Crippen LogP contribution in [0.25, 0.3) is 0 Å². The van der Waals surface area contributed by atoms with E-state index in [-0.39, 0.29) is 5.60 Å². The van der Waals surface area contributed by atoms with Gasteiger partial charge in [0.25, 0.3) is 0 Å². The lowest BCUT2D eigenvalue weighted by Gasteiger charge is -2.31. The van der Waals surface area contributed by atoms with Gasteiger partial charge >= 0.3 is 0 Å². The number of rotatable bonds is 0. The predicted octanol–water partition coefficient (Wildman–Crippen LogP) is 1.37. The van der Waals surface area contributed by atoms with Gasteiger partial charge in [0.15, 0.2) is 0 Å². The molecule has 1 unspecified atom stereocenters. The first kappa shape index (κ1) is 7.03. The molecular formula is C7H13O2. The fourth-order valence-electron chi connectivity index (χ4n) is 1.18. The third-order valence-electron chi connectivity index (χ3n) is 1.65. The summed E-state index contributed by atoms with van der Waals surface area (Å²) in [6.45, 7) is 4.58. The van der Waals surface area contributed by atoms with Gasteiger partial charge in [-0.25, -0.2) is 5.11 Å². The first-order chi connectivity index (χ1) is 4.10. The second-order valence-electron chi connectivity index (χ2n) is 3.22. The molecule has 1 radical (unpaired) electrons. The third-order valence-corrected chi connectivity index (χ3v) is 1.65. The Bertz CT molecular complexity index is 99.1. The van der Waals surface area contributed by atoms with E-state index in [4.69, 9.17) is 4.74 Å². The number of hydrogen-bond donors (Lipinski definition) is 0. The average Bonchev–Trinajstić information content (AvgIpc) is 1.60. The Balaban J connectivity index is 2.41. The molecule has 1 fully saturated rings. The predicted molar refractivity (Wildman–Crippen MR) is 33.7 cm³/mol. The van der Waals surface area contributed by atoms with Crippen molar-refractivity contribution in [2.24, 2.45) is 0 Å². The molecule has 0 N–H and O–H groups in total. The van der Waals surface area contributed by atoms with E-state index < -0.39 is 6.10 Å². The summed E-state index contributed by atoms with van der Waals surface area (Å²) in [6.07, 6.45) is 0.949. The van der Waals surface area contributed by atoms with Gasteiger partial charge in [-0.15, -0.1) is 0 Å². The van der Waals surface area contributed by atoms with Crippen LogP contribution in [0.1, 0.15) is 26.7 Å². The molecule has 0 bridgehead atoms. The molecule has 0 saturated carbocycles. The summed E-state index contributed by atoms with van der Waals surface area (Å²) in [6, 6.07) is 0. The monoisotopic (exact) mass is 129 g/mol. The molecule has 0 aliphatic carbocycles. The number of hydrogen-bond acceptors (Lipinski definition) is 1. The van der Waals surface area contributed by atoms with Crippen LogP contribution in [-0.4, -0.2) is 18.3 Å². The van der Waals surface area contributed by atoms with Crippen molar-refractivity contribution in [3.8, 4) is 0 Å². The van der Waals surface area contributed by atoms with Gasteiger partial charge in [-0.2, -0.15) is 0 Å². The molecule has 9 heavy (non-hydrogen) atoms. The van der Waals surface area contributed by atoms with Crippen LogP contribution >= 0.6 is 0 Å². The molecule has 0 spiro atoms. The zero-order valence-corrected chi connectivity index (χ0v) is 6.02. The van der Waals surface area contributed by atoms with Crippen molar-refractivity contribution in [2.75, 3.05) is 6.61 Å². The summed E-state index contributed by atoms with van der Waals surface area (Å²) in [5, 5.41) is 10.9. The summed E-state index contributed by atoms with van der Waals surface area (Å²) < 4.78 is 5.34. The van der Waals surface area contributed by atoms with Crippen LogP contribution in [0, 0.1) is 0 Å². The summed E-state index contributed by atoms with van der Waals surface area (Å²) in [4.78, 5) is 0. The molecule has 0 aromatic rings. The molecule has 1 rings (SSSR count). The first-order valence-corrected chi connectivity index (χ1v) is 3.40. The molecule has 53 valence electrons. The number of ether oxygens (including phenoxy) is 1. The van der Waals surface area contributed by atoms with Crippen LogP contribution in [0.4, 0.5) is 0 Å². The van der Waals surface area contributed by atoms with E-state index in [0.29, 0.717) is 19.4 Å². The van der Waals surface area contributed by atoms with Crippen molar-refractivity contribution >= 4 is 0 Å². The lowest BCUT2D eigenvalue weighted by molar-refractivity contribution is -0.113. The zero-order valence-electron chi connectivity index (χ0n) is 6.02. The standard InChI is InChI=1S/C7H13O2/c1-7(2)5-6(8)3-4-9-7/h6H,3-5H2,1-2H3. The van der Waals surface area contributed by atoms with Gasteiger partial charge in [-0.05, 0) is 13.8 Å². The molecule has 1 atom stereocenters. The SMILES string of the molecule is CC1(C)CC([O])CCO1. The molecule has 0 aromatic heterocycles. The Hall–Kier alpha value is -0.0800. The minimum Gasteiger partial charge on any atom is -0.375 e. The Morgan fingerprint density at radius 2 is 2.22 bits per heavy atom. The van der Waals surface area contributed by atoms with E-state index in [1.54, 1.807) is 0 Å². The summed E-state index contributed by atoms with van der Waals surface area (Å²) in [5.74, 6) is 0. The Kier molecular flexibility index (Phi) is 1.78. The minimum atomic E-state index is -0.395. The maximum Gasteiger partial charge on any atom is 0.0979 e. The van der Waals surface area contributed by atoms with E-state index in [0.717, 1.165) is 0 Å². The maximum atomic E-state index is 10.9. The summed E-state index contributed by atoms with van der Waals surface area (Å²) in [5.41, 5.74) is -0.162. The van der Waals surface area contributed by atoms with Crippen LogP contribution < -0.4 is 0 Å². The molecule has 2 heteroatoms. The van der Waals surface area contributed by atoms with E-state index in [1.807, 2.05) is 13.8 Å². The average molecular weight is 129 g/mol. The van der Waals surface area contributed by atoms with E-state index in [1.165, 1.54) is 0 Å². The normalized spacial score (nSPS) is 34.3. The van der Waals surface area contributed by atoms with Gasteiger partial charge < -0.3 is 4.74 Å². The fraction of sp³-hybridized carbons (Fsp3) is 1.00. The van der Waals surface area contributed by atoms with Gasteiger partial charge in [0.1, 0.15) is 0 Å². The molecule has 1 aliphatic rings. The third kappa shape index (κ3) is 1.95. The minimum absolute atomic E-state index is 0.162. The second-order valence-corrected chi connectivity index (χ2v) is 3.22. The lowest BCUT2D eigenvalue weighted by atomic mass is 9.96. The van der Waals surface area contributed by atoms with Crippen LogP contribution in [0.3, 0.4) is 0 Å². The van der Waals surface area contributed by atoms with Crippen molar-refractivity contribution in [2.45, 2.75) is 38.4 Å². The molecule has 1 aliphatic heterocycles. The van der Waals surface area contributed by atoms with Crippen LogP contribution in [0.5, 0.6) is 0 Å². The van der Waals surface area contributed by atoms with Crippen molar-refractivity contribution in [1.29, 1.82) is 0 Å². The van der Waals surface area contributed by atoms with Gasteiger partial charge in [0.2, 0.25) is 0 Å². The molecule has 2 nitrogen and oxygen atoms in total. The first-order valence-electron chi connectivity index (χ1n) is 3.40. The lowest BCUT2D eigenvalue weighted by Crippen LogP contribution is -2.35. The van der Waals surface area contributed by atoms with Crippen molar-refractivity contribution in [3.05, 3.63) is 0 Å². The van der Waals surface area contributed by atoms with Crippen LogP contribution in [-0.2, 0) is 9.84 Å². The molecular weight excluding hydrogens is 116 g/mol. The highest BCUT2D eigenvalue weighted by Gasteiger charge is 2.28. The van der Waals surface area contributed by atoms with Crippen LogP contribution in [0.2, 0.25) is 0 Å². The highest BCUT2D eigenvalue weighted by atomic mass is 16.5. The highest BCUT2D eigenvalue weighted by Crippen LogP contribution is 2.23. The van der Waals surface area contributed by atoms with Crippen molar-refractivity contribution in [1.82, 2.24) is 0 Å². The highest BCUT2D eigenvalue weighted by molar-refractivity contribution is 4.77. The van der Waals surface area contributed by atoms with E-state index in [2.05, 4.69) is 0 Å². The maximum absolute atomic E-state index is 10.9. The van der Waals surface area contributed by atoms with Gasteiger partial charge in [0.05, 0.1) is 11.7 Å². The van der Waals surface area contributed by atoms with Gasteiger partial charge in [-0.3, -0.25) is 0 Å². The topological polar surface area (TPSA) is 29.1 Å². The fourth-order valence-corrected chi connectivity index (χ4v) is 1.18. The molecule has 1 saturated heterocycles. The van der Waals surface area contributed by atoms with Gasteiger partial charge in [0, 0.05) is 19.4 Å². The quantitative estimate of drug-likeness (QED) is 0.485. The Morgan fingerprint density at radius 3 is 2.56 bits per heavy atom. The van der Waals surface area contributed by atoms with Crippen molar-refractivity contribution < 1.29 is 9.84 Å². The second kappa shape index (κ2) is 2.27. The molecule has 0 amide bonds. The Labute approximate surface area is 55.8 Å². The van der Waals surface area contributed by atoms with Crippen LogP contribution in [0.15, 0.2) is 0 Å². The zero-order chi connectivity index (χ0) is 6.91. The van der Waals surface area contributed by atoms with Gasteiger partial charge in [-0.1, -0.05) is 0 Å². The summed E-state index contributed by atoms with van der Waals surface area (Å²) in [7, 11) is 0.